The van der Waals surface area contributed by atoms with Crippen molar-refractivity contribution in [1.82, 2.24) is 5.01 Å². The number of alkyl halides is 1. The van der Waals surface area contributed by atoms with Crippen LogP contribution in [-0.2, 0) is 14.8 Å². The molecule has 0 aromatic heterocycles. The summed E-state index contributed by atoms with van der Waals surface area (Å²) in [7, 11) is -3.74. The second-order valence-electron chi connectivity index (χ2n) is 5.15. The van der Waals surface area contributed by atoms with Crippen LogP contribution in [0.4, 0.5) is 5.69 Å². The van der Waals surface area contributed by atoms with Crippen LogP contribution in [0.3, 0.4) is 0 Å². The van der Waals surface area contributed by atoms with Crippen LogP contribution in [0, 0.1) is 0 Å². The van der Waals surface area contributed by atoms with Crippen LogP contribution < -0.4 is 10.6 Å². The van der Waals surface area contributed by atoms with E-state index in [1.807, 2.05) is 30.3 Å². The second-order valence-corrected chi connectivity index (χ2v) is 7.18. The Bertz CT molecular complexity index is 825. The molecule has 8 heteroatoms. The Kier molecular flexibility index (Phi) is 4.01. The third-order valence-electron chi connectivity index (χ3n) is 3.60. The van der Waals surface area contributed by atoms with Crippen molar-refractivity contribution in [3.05, 3.63) is 60.2 Å². The van der Waals surface area contributed by atoms with Gasteiger partial charge in [0, 0.05) is 0 Å². The number of hydrazine groups is 1. The van der Waals surface area contributed by atoms with E-state index in [4.69, 9.17) is 16.7 Å². The maximum atomic E-state index is 12.0. The summed E-state index contributed by atoms with van der Waals surface area (Å²) in [4.78, 5) is 12.0. The maximum Gasteiger partial charge on any atom is 0.262 e. The number of sulfonamides is 1. The van der Waals surface area contributed by atoms with Crippen LogP contribution in [0.2, 0.25) is 0 Å². The number of β-lactam (4-membered cyclic amide) rings is 1. The minimum absolute atomic E-state index is 0.00724. The number of primary sulfonamides is 1. The Morgan fingerprint density at radius 1 is 1.04 bits per heavy atom. The fourth-order valence-electron chi connectivity index (χ4n) is 2.40. The normalized spacial score (nSPS) is 21.0. The number of anilines is 1. The van der Waals surface area contributed by atoms with Gasteiger partial charge in [0.2, 0.25) is 10.0 Å². The number of nitrogens with one attached hydrogen (secondary N) is 1. The summed E-state index contributed by atoms with van der Waals surface area (Å²) < 4.78 is 22.5. The molecule has 2 unspecified atom stereocenters. The van der Waals surface area contributed by atoms with Crippen molar-refractivity contribution in [2.45, 2.75) is 16.3 Å². The van der Waals surface area contributed by atoms with Gasteiger partial charge in [-0.1, -0.05) is 30.3 Å². The highest BCUT2D eigenvalue weighted by molar-refractivity contribution is 7.89. The molecule has 0 aliphatic carbocycles. The van der Waals surface area contributed by atoms with Gasteiger partial charge in [-0.3, -0.25) is 10.2 Å². The third-order valence-corrected chi connectivity index (χ3v) is 4.96. The van der Waals surface area contributed by atoms with Crippen molar-refractivity contribution in [1.29, 1.82) is 0 Å². The van der Waals surface area contributed by atoms with E-state index in [-0.39, 0.29) is 16.8 Å². The largest absolute Gasteiger partial charge is 0.295 e. The SMILES string of the molecule is NS(=O)(=O)c1ccc(NN2C(=O)C(Cl)C2c2ccccc2)cc1. The topological polar surface area (TPSA) is 92.5 Å². The monoisotopic (exact) mass is 351 g/mol. The van der Waals surface area contributed by atoms with E-state index in [2.05, 4.69) is 5.43 Å². The Morgan fingerprint density at radius 3 is 2.22 bits per heavy atom. The van der Waals surface area contributed by atoms with Gasteiger partial charge in [-0.2, -0.15) is 0 Å². The minimum Gasteiger partial charge on any atom is -0.295 e. The summed E-state index contributed by atoms with van der Waals surface area (Å²) >= 11 is 6.12. The van der Waals surface area contributed by atoms with Crippen molar-refractivity contribution in [3.8, 4) is 0 Å². The van der Waals surface area contributed by atoms with Gasteiger partial charge in [0.05, 0.1) is 10.6 Å². The van der Waals surface area contributed by atoms with Crippen molar-refractivity contribution < 1.29 is 13.2 Å². The number of hydrogen-bond acceptors (Lipinski definition) is 4. The molecule has 2 atom stereocenters. The zero-order valence-electron chi connectivity index (χ0n) is 11.9. The lowest BCUT2D eigenvalue weighted by Crippen LogP contribution is -2.58. The first kappa shape index (κ1) is 15.8. The molecule has 0 radical (unpaired) electrons. The van der Waals surface area contributed by atoms with Gasteiger partial charge in [0.15, 0.2) is 0 Å². The summed E-state index contributed by atoms with van der Waals surface area (Å²) in [5, 5.41) is 5.85. The van der Waals surface area contributed by atoms with E-state index < -0.39 is 15.4 Å². The smallest absolute Gasteiger partial charge is 0.262 e. The third kappa shape index (κ3) is 3.03. The van der Waals surface area contributed by atoms with E-state index >= 15 is 0 Å². The molecule has 1 saturated heterocycles. The average molecular weight is 352 g/mol. The van der Waals surface area contributed by atoms with Crippen LogP contribution >= 0.6 is 11.6 Å². The molecule has 1 aliphatic rings. The van der Waals surface area contributed by atoms with Gasteiger partial charge in [0.25, 0.3) is 5.91 Å². The summed E-state index contributed by atoms with van der Waals surface area (Å²) in [6.07, 6.45) is 0. The molecule has 2 aromatic rings. The quantitative estimate of drug-likeness (QED) is 0.649. The standard InChI is InChI=1S/C15H14ClN3O3S/c16-13-14(10-4-2-1-3-5-10)19(15(13)20)18-11-6-8-12(9-7-11)23(17,21)22/h1-9,13-14,18H,(H2,17,21,22). The van der Waals surface area contributed by atoms with Gasteiger partial charge >= 0.3 is 0 Å². The van der Waals surface area contributed by atoms with E-state index in [1.165, 1.54) is 29.3 Å². The predicted octanol–water partition coefficient (Wildman–Crippen LogP) is 1.85. The first-order valence-electron chi connectivity index (χ1n) is 6.79. The lowest BCUT2D eigenvalue weighted by molar-refractivity contribution is -0.143. The Balaban J connectivity index is 1.80. The van der Waals surface area contributed by atoms with Gasteiger partial charge in [-0.05, 0) is 29.8 Å². The lowest BCUT2D eigenvalue weighted by atomic mass is 9.95. The van der Waals surface area contributed by atoms with Gasteiger partial charge in [-0.15, -0.1) is 11.6 Å². The van der Waals surface area contributed by atoms with Crippen molar-refractivity contribution in [3.63, 3.8) is 0 Å². The highest BCUT2D eigenvalue weighted by Crippen LogP contribution is 2.38. The molecule has 0 bridgehead atoms. The number of amides is 1. The molecule has 1 aliphatic heterocycles. The van der Waals surface area contributed by atoms with Crippen molar-refractivity contribution >= 4 is 33.2 Å². The van der Waals surface area contributed by atoms with Crippen LogP contribution in [0.15, 0.2) is 59.5 Å². The van der Waals surface area contributed by atoms with Crippen molar-refractivity contribution in [2.75, 3.05) is 5.43 Å². The van der Waals surface area contributed by atoms with E-state index in [9.17, 15) is 13.2 Å². The molecule has 6 nitrogen and oxygen atoms in total. The molecule has 0 saturated carbocycles. The molecular weight excluding hydrogens is 338 g/mol. The molecular formula is C15H14ClN3O3S. The number of nitrogens with zero attached hydrogens (tertiary/aromatic N) is 1. The summed E-state index contributed by atoms with van der Waals surface area (Å²) in [5.74, 6) is -0.240. The molecule has 2 aromatic carbocycles. The Hall–Kier alpha value is -2.09. The molecule has 120 valence electrons. The molecule has 23 heavy (non-hydrogen) atoms. The lowest BCUT2D eigenvalue weighted by Gasteiger charge is -2.44. The fraction of sp³-hybridized carbons (Fsp3) is 0.133. The van der Waals surface area contributed by atoms with Gasteiger partial charge < -0.3 is 0 Å². The van der Waals surface area contributed by atoms with E-state index in [0.717, 1.165) is 5.56 Å². The zero-order valence-corrected chi connectivity index (χ0v) is 13.5. The molecule has 0 spiro atoms. The van der Waals surface area contributed by atoms with E-state index in [0.29, 0.717) is 5.69 Å². The summed E-state index contributed by atoms with van der Waals surface area (Å²) in [6.45, 7) is 0. The number of benzene rings is 2. The minimum atomic E-state index is -3.74. The van der Waals surface area contributed by atoms with Crippen LogP contribution in [0.5, 0.6) is 0 Å². The summed E-state index contributed by atoms with van der Waals surface area (Å²) in [5.41, 5.74) is 4.43. The second kappa shape index (κ2) is 5.84. The van der Waals surface area contributed by atoms with Crippen molar-refractivity contribution in [2.24, 2.45) is 5.14 Å². The van der Waals surface area contributed by atoms with Gasteiger partial charge in [0.1, 0.15) is 11.4 Å². The van der Waals surface area contributed by atoms with Crippen LogP contribution in [0.1, 0.15) is 11.6 Å². The highest BCUT2D eigenvalue weighted by Gasteiger charge is 2.47. The molecule has 1 heterocycles. The molecule has 1 amide bonds. The Morgan fingerprint density at radius 2 is 1.65 bits per heavy atom. The zero-order chi connectivity index (χ0) is 16.6. The summed E-state index contributed by atoms with van der Waals surface area (Å²) in [6, 6.07) is 15.0. The van der Waals surface area contributed by atoms with Crippen LogP contribution in [0.25, 0.3) is 0 Å². The maximum absolute atomic E-state index is 12.0. The average Bonchev–Trinajstić information content (AvgIpc) is 2.54. The fourth-order valence-corrected chi connectivity index (χ4v) is 3.28. The number of halogens is 1. The number of carbonyl (C=O) groups is 1. The van der Waals surface area contributed by atoms with E-state index in [1.54, 1.807) is 0 Å². The number of hydrogen-bond donors (Lipinski definition) is 2. The molecule has 1 fully saturated rings. The number of nitrogens with two attached hydrogens (primary N) is 1. The van der Waals surface area contributed by atoms with Gasteiger partial charge in [-0.25, -0.2) is 18.6 Å². The molecule has 3 rings (SSSR count). The predicted molar refractivity (Wildman–Crippen MR) is 87.1 cm³/mol. The number of carbonyl (C=O) groups excluding carboxylic acids is 1. The Labute approximate surface area is 138 Å². The first-order chi connectivity index (χ1) is 10.9. The van der Waals surface area contributed by atoms with Crippen LogP contribution in [-0.4, -0.2) is 24.7 Å². The highest BCUT2D eigenvalue weighted by atomic mass is 35.5. The first-order valence-corrected chi connectivity index (χ1v) is 8.78. The molecule has 3 N–H and O–H groups in total. The number of rotatable bonds is 4.